The van der Waals surface area contributed by atoms with E-state index in [4.69, 9.17) is 23.9 Å². The first-order valence-corrected chi connectivity index (χ1v) is 13.8. The molecule has 1 atom stereocenters. The minimum absolute atomic E-state index is 0.0554. The summed E-state index contributed by atoms with van der Waals surface area (Å²) in [5.74, 6) is 1.28. The van der Waals surface area contributed by atoms with E-state index in [1.54, 1.807) is 25.6 Å². The van der Waals surface area contributed by atoms with Crippen molar-refractivity contribution in [3.05, 3.63) is 46.0 Å². The molecule has 0 amide bonds. The number of ether oxygens (including phenoxy) is 4. The fourth-order valence-electron chi connectivity index (χ4n) is 4.95. The number of nitrogens with zero attached hydrogens (tertiary/aromatic N) is 2. The molecule has 0 bridgehead atoms. The molecule has 4 rings (SSSR count). The van der Waals surface area contributed by atoms with Crippen molar-refractivity contribution in [3.8, 4) is 11.5 Å². The summed E-state index contributed by atoms with van der Waals surface area (Å²) in [6.45, 7) is 4.14. The third kappa shape index (κ3) is 6.36. The Morgan fingerprint density at radius 2 is 1.76 bits per heavy atom. The summed E-state index contributed by atoms with van der Waals surface area (Å²) in [6.07, 6.45) is 6.19. The quantitative estimate of drug-likeness (QED) is 0.285. The molecule has 1 saturated carbocycles. The Balaban J connectivity index is 1.67. The molecule has 0 N–H and O–H groups in total. The van der Waals surface area contributed by atoms with Crippen LogP contribution in [0.1, 0.15) is 59.1 Å². The van der Waals surface area contributed by atoms with Crippen molar-refractivity contribution in [2.75, 3.05) is 39.8 Å². The largest absolute Gasteiger partial charge is 0.496 e. The summed E-state index contributed by atoms with van der Waals surface area (Å²) in [7, 11) is 7.30. The van der Waals surface area contributed by atoms with E-state index in [0.717, 1.165) is 50.9 Å². The first kappa shape index (κ1) is 27.2. The maximum absolute atomic E-state index is 12.8. The number of fused-ring (bicyclic) bond motifs is 1. The van der Waals surface area contributed by atoms with Gasteiger partial charge in [0.05, 0.1) is 53.8 Å². The Labute approximate surface area is 223 Å². The standard InChI is InChI=1S/C29H38N2O5S/c1-7-35-29(32)23-15-20(31(3)4)16-26-28(23)30-27(37-26)17-22(36-21-10-8-9-11-21)12-19-13-24(33-5)18(2)25(14-19)34-6/h13-16,21-22H,7-12,17H2,1-6H3/t22-/m0/s1. The lowest BCUT2D eigenvalue weighted by molar-refractivity contribution is -0.00708. The van der Waals surface area contributed by atoms with Gasteiger partial charge in [-0.15, -0.1) is 11.3 Å². The van der Waals surface area contributed by atoms with Crippen molar-refractivity contribution in [2.24, 2.45) is 0 Å². The Kier molecular flexibility index (Phi) is 8.92. The van der Waals surface area contributed by atoms with Crippen LogP contribution in [-0.4, -0.2) is 58.1 Å². The van der Waals surface area contributed by atoms with Gasteiger partial charge in [0.2, 0.25) is 0 Å². The second kappa shape index (κ2) is 12.1. The topological polar surface area (TPSA) is 70.1 Å². The predicted octanol–water partition coefficient (Wildman–Crippen LogP) is 5.98. The van der Waals surface area contributed by atoms with Crippen LogP contribution in [-0.2, 0) is 22.3 Å². The van der Waals surface area contributed by atoms with Gasteiger partial charge in [-0.05, 0) is 62.9 Å². The summed E-state index contributed by atoms with van der Waals surface area (Å²) in [5, 5.41) is 0.950. The molecule has 3 aromatic rings. The van der Waals surface area contributed by atoms with Crippen LogP contribution in [0.25, 0.3) is 10.2 Å². The minimum Gasteiger partial charge on any atom is -0.496 e. The molecule has 2 aromatic carbocycles. The van der Waals surface area contributed by atoms with E-state index in [-0.39, 0.29) is 18.2 Å². The molecule has 8 heteroatoms. The van der Waals surface area contributed by atoms with Gasteiger partial charge in [0, 0.05) is 31.8 Å². The van der Waals surface area contributed by atoms with E-state index in [2.05, 4.69) is 18.2 Å². The molecule has 0 aliphatic heterocycles. The average Bonchev–Trinajstić information content (AvgIpc) is 3.53. The van der Waals surface area contributed by atoms with Crippen LogP contribution in [0.4, 0.5) is 5.69 Å². The summed E-state index contributed by atoms with van der Waals surface area (Å²) < 4.78 is 24.2. The van der Waals surface area contributed by atoms with Crippen molar-refractivity contribution in [1.82, 2.24) is 4.98 Å². The van der Waals surface area contributed by atoms with Crippen LogP contribution in [0.3, 0.4) is 0 Å². The molecule has 1 fully saturated rings. The van der Waals surface area contributed by atoms with E-state index in [1.807, 2.05) is 38.9 Å². The highest BCUT2D eigenvalue weighted by Gasteiger charge is 2.24. The van der Waals surface area contributed by atoms with E-state index >= 15 is 0 Å². The van der Waals surface area contributed by atoms with Gasteiger partial charge in [0.15, 0.2) is 0 Å². The number of hydrogen-bond acceptors (Lipinski definition) is 8. The highest BCUT2D eigenvalue weighted by atomic mass is 32.1. The summed E-state index contributed by atoms with van der Waals surface area (Å²) >= 11 is 1.62. The van der Waals surface area contributed by atoms with Crippen molar-refractivity contribution < 1.29 is 23.7 Å². The number of benzene rings is 2. The third-order valence-corrected chi connectivity index (χ3v) is 7.93. The maximum atomic E-state index is 12.8. The Bertz CT molecular complexity index is 1210. The molecule has 200 valence electrons. The van der Waals surface area contributed by atoms with Gasteiger partial charge in [-0.25, -0.2) is 9.78 Å². The molecule has 0 spiro atoms. The number of rotatable bonds is 11. The fraction of sp³-hybridized carbons (Fsp3) is 0.517. The van der Waals surface area contributed by atoms with Crippen molar-refractivity contribution >= 4 is 33.2 Å². The zero-order valence-corrected chi connectivity index (χ0v) is 23.6. The normalized spacial score (nSPS) is 14.6. The monoisotopic (exact) mass is 526 g/mol. The van der Waals surface area contributed by atoms with Gasteiger partial charge in [0.25, 0.3) is 0 Å². The minimum atomic E-state index is -0.342. The number of carbonyl (C=O) groups excluding carboxylic acids is 1. The highest BCUT2D eigenvalue weighted by Crippen LogP contribution is 2.34. The lowest BCUT2D eigenvalue weighted by Crippen LogP contribution is -2.24. The highest BCUT2D eigenvalue weighted by molar-refractivity contribution is 7.18. The Morgan fingerprint density at radius 1 is 1.08 bits per heavy atom. The summed E-state index contributed by atoms with van der Waals surface area (Å²) in [6, 6.07) is 8.09. The lowest BCUT2D eigenvalue weighted by atomic mass is 10.0. The van der Waals surface area contributed by atoms with Crippen LogP contribution in [0.5, 0.6) is 11.5 Å². The summed E-state index contributed by atoms with van der Waals surface area (Å²) in [4.78, 5) is 19.7. The molecular weight excluding hydrogens is 488 g/mol. The Hall–Kier alpha value is -2.84. The molecule has 1 aliphatic rings. The van der Waals surface area contributed by atoms with E-state index in [9.17, 15) is 4.79 Å². The van der Waals surface area contributed by atoms with Crippen molar-refractivity contribution in [3.63, 3.8) is 0 Å². The first-order chi connectivity index (χ1) is 17.8. The number of aromatic nitrogens is 1. The first-order valence-electron chi connectivity index (χ1n) is 13.0. The number of anilines is 1. The Morgan fingerprint density at radius 3 is 2.35 bits per heavy atom. The maximum Gasteiger partial charge on any atom is 0.340 e. The van der Waals surface area contributed by atoms with Crippen LogP contribution in [0, 0.1) is 6.92 Å². The van der Waals surface area contributed by atoms with Crippen molar-refractivity contribution in [1.29, 1.82) is 0 Å². The molecule has 1 aromatic heterocycles. The zero-order valence-electron chi connectivity index (χ0n) is 22.8. The van der Waals surface area contributed by atoms with Gasteiger partial charge in [-0.2, -0.15) is 0 Å². The average molecular weight is 527 g/mol. The number of carbonyl (C=O) groups is 1. The van der Waals surface area contributed by atoms with Gasteiger partial charge >= 0.3 is 5.97 Å². The smallest absolute Gasteiger partial charge is 0.340 e. The van der Waals surface area contributed by atoms with E-state index in [1.165, 1.54) is 12.8 Å². The van der Waals surface area contributed by atoms with Gasteiger partial charge in [-0.3, -0.25) is 0 Å². The fourth-order valence-corrected chi connectivity index (χ4v) is 6.04. The lowest BCUT2D eigenvalue weighted by Gasteiger charge is -2.22. The van der Waals surface area contributed by atoms with E-state index in [0.29, 0.717) is 30.5 Å². The second-order valence-electron chi connectivity index (χ2n) is 9.76. The van der Waals surface area contributed by atoms with Crippen LogP contribution in [0.2, 0.25) is 0 Å². The number of thiazole rings is 1. The molecule has 0 unspecified atom stereocenters. The summed E-state index contributed by atoms with van der Waals surface area (Å²) in [5.41, 5.74) is 4.24. The molecule has 0 saturated heterocycles. The molecule has 1 heterocycles. The number of esters is 1. The van der Waals surface area contributed by atoms with Gasteiger partial charge in [-0.1, -0.05) is 12.8 Å². The van der Waals surface area contributed by atoms with Gasteiger partial charge < -0.3 is 23.8 Å². The van der Waals surface area contributed by atoms with Crippen molar-refractivity contribution in [2.45, 2.75) is 64.6 Å². The van der Waals surface area contributed by atoms with E-state index < -0.39 is 0 Å². The molecule has 1 aliphatic carbocycles. The molecule has 7 nitrogen and oxygen atoms in total. The molecule has 37 heavy (non-hydrogen) atoms. The second-order valence-corrected chi connectivity index (χ2v) is 10.9. The zero-order chi connectivity index (χ0) is 26.5. The van der Waals surface area contributed by atoms with Crippen LogP contribution in [0.15, 0.2) is 24.3 Å². The predicted molar refractivity (Wildman–Crippen MR) is 149 cm³/mol. The van der Waals surface area contributed by atoms with Gasteiger partial charge in [0.1, 0.15) is 11.5 Å². The number of hydrogen-bond donors (Lipinski definition) is 0. The van der Waals surface area contributed by atoms with Crippen LogP contribution < -0.4 is 14.4 Å². The van der Waals surface area contributed by atoms with Crippen LogP contribution >= 0.6 is 11.3 Å². The number of methoxy groups -OCH3 is 2. The third-order valence-electron chi connectivity index (χ3n) is 6.90. The SMILES string of the molecule is CCOC(=O)c1cc(N(C)C)cc2sc(C[C@H](Cc3cc(OC)c(C)c(OC)c3)OC3CCCC3)nc12. The molecule has 0 radical (unpaired) electrons. The molecular formula is C29H38N2O5S.